The molecule has 1 aliphatic rings. The number of hydrogen-bond acceptors (Lipinski definition) is 4. The normalized spacial score (nSPS) is 19.2. The molecule has 4 heteroatoms. The molecule has 1 aliphatic heterocycles. The maximum Gasteiger partial charge on any atom is 0.143 e. The second-order valence-corrected chi connectivity index (χ2v) is 3.63. The molecule has 16 heavy (non-hydrogen) atoms. The molecule has 0 aromatic heterocycles. The van der Waals surface area contributed by atoms with Crippen LogP contribution in [-0.4, -0.2) is 33.2 Å². The number of methoxy groups -OCH3 is 1. The lowest BCUT2D eigenvalue weighted by Crippen LogP contribution is -2.43. The first-order valence-corrected chi connectivity index (χ1v) is 5.18. The minimum absolute atomic E-state index is 0.237. The summed E-state index contributed by atoms with van der Waals surface area (Å²) in [6.45, 7) is 3.24. The lowest BCUT2D eigenvalue weighted by molar-refractivity contribution is 0.413. The van der Waals surface area contributed by atoms with Crippen molar-refractivity contribution >= 4 is 5.69 Å². The third kappa shape index (κ3) is 2.10. The van der Waals surface area contributed by atoms with Crippen LogP contribution in [0.2, 0.25) is 0 Å². The Bertz CT molecular complexity index is 490. The zero-order chi connectivity index (χ0) is 13.9. The van der Waals surface area contributed by atoms with Crippen molar-refractivity contribution < 1.29 is 8.85 Å². The Kier molecular flexibility index (Phi) is 2.29. The maximum absolute atomic E-state index is 8.89. The van der Waals surface area contributed by atoms with Crippen molar-refractivity contribution in [1.82, 2.24) is 5.32 Å². The van der Waals surface area contributed by atoms with Gasteiger partial charge in [-0.25, -0.2) is 0 Å². The highest BCUT2D eigenvalue weighted by atomic mass is 16.5. The zero-order valence-electron chi connectivity index (χ0n) is 11.9. The topological polar surface area (TPSA) is 48.3 Å². The number of anilines is 1. The number of hydrogen-bond donors (Lipinski definition) is 1. The molecule has 0 amide bonds. The quantitative estimate of drug-likeness (QED) is 0.807. The SMILES string of the molecule is [2H]C([2H])([2H])Oc1cc(C#N)ccc1N1CCNCC1. The largest absolute Gasteiger partial charge is 0.495 e. The Morgan fingerprint density at radius 2 is 2.31 bits per heavy atom. The van der Waals surface area contributed by atoms with Gasteiger partial charge in [0.2, 0.25) is 0 Å². The molecule has 0 aliphatic carbocycles. The fourth-order valence-electron chi connectivity index (χ4n) is 1.83. The fraction of sp³-hybridized carbons (Fsp3) is 0.417. The van der Waals surface area contributed by atoms with E-state index in [4.69, 9.17) is 14.1 Å². The van der Waals surface area contributed by atoms with Crippen molar-refractivity contribution in [3.63, 3.8) is 0 Å². The van der Waals surface area contributed by atoms with E-state index in [-0.39, 0.29) is 5.75 Å². The van der Waals surface area contributed by atoms with Gasteiger partial charge in [-0.05, 0) is 12.1 Å². The van der Waals surface area contributed by atoms with Gasteiger partial charge in [0.15, 0.2) is 0 Å². The van der Waals surface area contributed by atoms with Crippen molar-refractivity contribution in [1.29, 1.82) is 5.26 Å². The first-order valence-electron chi connectivity index (χ1n) is 6.68. The van der Waals surface area contributed by atoms with Gasteiger partial charge in [-0.15, -0.1) is 0 Å². The van der Waals surface area contributed by atoms with E-state index in [1.54, 1.807) is 12.1 Å². The summed E-state index contributed by atoms with van der Waals surface area (Å²) in [4.78, 5) is 2.05. The first kappa shape index (κ1) is 7.53. The predicted octanol–water partition coefficient (Wildman–Crippen LogP) is 0.976. The molecule has 1 N–H and O–H groups in total. The van der Waals surface area contributed by atoms with Crippen LogP contribution in [0.3, 0.4) is 0 Å². The molecule has 0 spiro atoms. The number of nitrogens with zero attached hydrogens (tertiary/aromatic N) is 2. The monoisotopic (exact) mass is 220 g/mol. The van der Waals surface area contributed by atoms with Gasteiger partial charge in [0, 0.05) is 32.2 Å². The summed E-state index contributed by atoms with van der Waals surface area (Å²) >= 11 is 0. The van der Waals surface area contributed by atoms with E-state index in [0.717, 1.165) is 31.9 Å². The average Bonchev–Trinajstić information content (AvgIpc) is 2.38. The number of nitriles is 1. The zero-order valence-corrected chi connectivity index (χ0v) is 8.86. The second-order valence-electron chi connectivity index (χ2n) is 3.63. The van der Waals surface area contributed by atoms with Gasteiger partial charge in [-0.1, -0.05) is 0 Å². The van der Waals surface area contributed by atoms with Crippen molar-refractivity contribution in [2.45, 2.75) is 0 Å². The molecule has 4 nitrogen and oxygen atoms in total. The van der Waals surface area contributed by atoms with Crippen molar-refractivity contribution in [3.8, 4) is 11.8 Å². The highest BCUT2D eigenvalue weighted by Crippen LogP contribution is 2.29. The molecular weight excluding hydrogens is 202 g/mol. The molecule has 0 bridgehead atoms. The van der Waals surface area contributed by atoms with Gasteiger partial charge < -0.3 is 15.0 Å². The van der Waals surface area contributed by atoms with E-state index < -0.39 is 7.04 Å². The molecule has 1 fully saturated rings. The van der Waals surface area contributed by atoms with Crippen LogP contribution in [0, 0.1) is 11.3 Å². The molecule has 1 aromatic carbocycles. The van der Waals surface area contributed by atoms with Gasteiger partial charge in [0.1, 0.15) is 5.75 Å². The van der Waals surface area contributed by atoms with E-state index in [9.17, 15) is 0 Å². The highest BCUT2D eigenvalue weighted by Gasteiger charge is 2.14. The average molecular weight is 220 g/mol. The molecule has 2 rings (SSSR count). The smallest absolute Gasteiger partial charge is 0.143 e. The van der Waals surface area contributed by atoms with Crippen LogP contribution in [0.15, 0.2) is 18.2 Å². The minimum atomic E-state index is -2.52. The Labute approximate surface area is 99.6 Å². The standard InChI is InChI=1S/C12H15N3O/c1-16-12-8-10(9-13)2-3-11(12)15-6-4-14-5-7-15/h2-3,8,14H,4-7H2,1H3/i1D3. The van der Waals surface area contributed by atoms with Gasteiger partial charge in [-0.3, -0.25) is 0 Å². The Balaban J connectivity index is 2.33. The Morgan fingerprint density at radius 1 is 1.50 bits per heavy atom. The van der Waals surface area contributed by atoms with E-state index in [1.807, 2.05) is 6.07 Å². The minimum Gasteiger partial charge on any atom is -0.495 e. The summed E-state index contributed by atoms with van der Waals surface area (Å²) < 4.78 is 26.6. The highest BCUT2D eigenvalue weighted by molar-refractivity contribution is 5.61. The van der Waals surface area contributed by atoms with Gasteiger partial charge in [-0.2, -0.15) is 5.26 Å². The molecule has 0 atom stereocenters. The van der Waals surface area contributed by atoms with Crippen LogP contribution in [-0.2, 0) is 0 Å². The first-order chi connectivity index (χ1) is 8.99. The van der Waals surface area contributed by atoms with Gasteiger partial charge in [0.05, 0.1) is 28.5 Å². The fourth-order valence-corrected chi connectivity index (χ4v) is 1.83. The molecule has 1 saturated heterocycles. The molecule has 0 radical (unpaired) electrons. The van der Waals surface area contributed by atoms with Crippen LogP contribution in [0.25, 0.3) is 0 Å². The molecule has 1 aromatic rings. The number of nitrogens with one attached hydrogen (secondary N) is 1. The molecule has 84 valence electrons. The van der Waals surface area contributed by atoms with Crippen LogP contribution in [0.1, 0.15) is 9.68 Å². The van der Waals surface area contributed by atoms with Crippen molar-refractivity contribution in [3.05, 3.63) is 23.8 Å². The summed E-state index contributed by atoms with van der Waals surface area (Å²) in [7, 11) is -2.52. The predicted molar refractivity (Wildman–Crippen MR) is 62.8 cm³/mol. The summed E-state index contributed by atoms with van der Waals surface area (Å²) in [5.74, 6) is 0.237. The summed E-state index contributed by atoms with van der Waals surface area (Å²) in [5, 5.41) is 12.1. The van der Waals surface area contributed by atoms with E-state index in [0.29, 0.717) is 5.56 Å². The summed E-state index contributed by atoms with van der Waals surface area (Å²) in [6, 6.07) is 6.88. The van der Waals surface area contributed by atoms with Gasteiger partial charge >= 0.3 is 0 Å². The van der Waals surface area contributed by atoms with Crippen molar-refractivity contribution in [2.75, 3.05) is 38.1 Å². The number of benzene rings is 1. The van der Waals surface area contributed by atoms with E-state index in [1.165, 1.54) is 6.07 Å². The molecule has 0 saturated carbocycles. The second kappa shape index (κ2) is 4.86. The Morgan fingerprint density at radius 3 is 3.00 bits per heavy atom. The Hall–Kier alpha value is -1.73. The van der Waals surface area contributed by atoms with E-state index in [2.05, 4.69) is 10.2 Å². The molecule has 0 unspecified atom stereocenters. The summed E-state index contributed by atoms with van der Waals surface area (Å²) in [6.07, 6.45) is 0. The van der Waals surface area contributed by atoms with Crippen molar-refractivity contribution in [2.24, 2.45) is 0 Å². The van der Waals surface area contributed by atoms with Crippen LogP contribution >= 0.6 is 0 Å². The lowest BCUT2D eigenvalue weighted by atomic mass is 10.1. The molecule has 1 heterocycles. The summed E-state index contributed by atoms with van der Waals surface area (Å²) in [5.41, 5.74) is 1.11. The van der Waals surface area contributed by atoms with Crippen LogP contribution in [0.5, 0.6) is 5.75 Å². The molecular formula is C12H15N3O. The number of ether oxygens (including phenoxy) is 1. The van der Waals surface area contributed by atoms with Crippen LogP contribution in [0.4, 0.5) is 5.69 Å². The van der Waals surface area contributed by atoms with Gasteiger partial charge in [0.25, 0.3) is 0 Å². The maximum atomic E-state index is 8.89. The van der Waals surface area contributed by atoms with Crippen LogP contribution < -0.4 is 15.0 Å². The lowest BCUT2D eigenvalue weighted by Gasteiger charge is -2.30. The number of piperazine rings is 1. The number of rotatable bonds is 2. The third-order valence-corrected chi connectivity index (χ3v) is 2.66. The third-order valence-electron chi connectivity index (χ3n) is 2.66. The van der Waals surface area contributed by atoms with E-state index >= 15 is 0 Å².